The second-order valence-corrected chi connectivity index (χ2v) is 7.84. The third-order valence-electron chi connectivity index (χ3n) is 4.88. The number of anilines is 1. The Balaban J connectivity index is 1.45. The van der Waals surface area contributed by atoms with E-state index in [2.05, 4.69) is 16.5 Å². The number of aromatic nitrogens is 2. The fourth-order valence-electron chi connectivity index (χ4n) is 3.51. The first-order valence-corrected chi connectivity index (χ1v) is 9.64. The van der Waals surface area contributed by atoms with E-state index in [1.165, 1.54) is 29.7 Å². The van der Waals surface area contributed by atoms with Gasteiger partial charge in [0.1, 0.15) is 5.82 Å². The standard InChI is InChI=1S/C18H23N3O2S/c22-18(16-10-14-4-2-1-3-5-15(14)24-16)20-17-6-8-19-21(17)11-13-7-9-23-12-13/h6,8,10,13H,1-5,7,9,11-12H2,(H,20,22). The third-order valence-corrected chi connectivity index (χ3v) is 6.12. The molecule has 0 radical (unpaired) electrons. The molecular weight excluding hydrogens is 322 g/mol. The van der Waals surface area contributed by atoms with Crippen LogP contribution in [0.3, 0.4) is 0 Å². The number of nitrogens with zero attached hydrogens (tertiary/aromatic N) is 2. The predicted octanol–water partition coefficient (Wildman–Crippen LogP) is 3.50. The number of hydrogen-bond donors (Lipinski definition) is 1. The summed E-state index contributed by atoms with van der Waals surface area (Å²) in [7, 11) is 0. The first-order valence-electron chi connectivity index (χ1n) is 8.82. The summed E-state index contributed by atoms with van der Waals surface area (Å²) >= 11 is 1.66. The maximum absolute atomic E-state index is 12.6. The van der Waals surface area contributed by atoms with Crippen LogP contribution in [0.5, 0.6) is 0 Å². The van der Waals surface area contributed by atoms with Crippen molar-refractivity contribution >= 4 is 23.1 Å². The van der Waals surface area contributed by atoms with E-state index < -0.39 is 0 Å². The van der Waals surface area contributed by atoms with E-state index in [9.17, 15) is 4.79 Å². The van der Waals surface area contributed by atoms with Gasteiger partial charge in [0.15, 0.2) is 0 Å². The average molecular weight is 345 g/mol. The number of hydrogen-bond acceptors (Lipinski definition) is 4. The molecule has 1 atom stereocenters. The molecule has 1 aliphatic carbocycles. The number of thiophene rings is 1. The zero-order valence-electron chi connectivity index (χ0n) is 13.8. The van der Waals surface area contributed by atoms with Gasteiger partial charge < -0.3 is 10.1 Å². The first kappa shape index (κ1) is 15.8. The van der Waals surface area contributed by atoms with Gasteiger partial charge in [-0.2, -0.15) is 5.10 Å². The Morgan fingerprint density at radius 1 is 1.38 bits per heavy atom. The number of carbonyl (C=O) groups is 1. The van der Waals surface area contributed by atoms with Crippen molar-refractivity contribution < 1.29 is 9.53 Å². The van der Waals surface area contributed by atoms with E-state index in [1.54, 1.807) is 17.5 Å². The van der Waals surface area contributed by atoms with Crippen molar-refractivity contribution in [1.82, 2.24) is 9.78 Å². The molecule has 6 heteroatoms. The molecular formula is C18H23N3O2S. The summed E-state index contributed by atoms with van der Waals surface area (Å²) in [5.74, 6) is 1.24. The molecule has 1 amide bonds. The van der Waals surface area contributed by atoms with E-state index in [1.807, 2.05) is 10.7 Å². The van der Waals surface area contributed by atoms with Crippen molar-refractivity contribution in [2.75, 3.05) is 18.5 Å². The smallest absolute Gasteiger partial charge is 0.266 e. The van der Waals surface area contributed by atoms with Crippen LogP contribution in [0, 0.1) is 5.92 Å². The second-order valence-electron chi connectivity index (χ2n) is 6.70. The minimum absolute atomic E-state index is 0.0162. The van der Waals surface area contributed by atoms with E-state index in [0.29, 0.717) is 5.92 Å². The van der Waals surface area contributed by atoms with E-state index in [4.69, 9.17) is 4.74 Å². The number of fused-ring (bicyclic) bond motifs is 1. The minimum Gasteiger partial charge on any atom is -0.381 e. The molecule has 1 aliphatic heterocycles. The Hall–Kier alpha value is -1.66. The van der Waals surface area contributed by atoms with E-state index in [0.717, 1.165) is 49.7 Å². The highest BCUT2D eigenvalue weighted by atomic mass is 32.1. The molecule has 2 aliphatic rings. The van der Waals surface area contributed by atoms with E-state index >= 15 is 0 Å². The highest BCUT2D eigenvalue weighted by Crippen LogP contribution is 2.29. The molecule has 128 valence electrons. The van der Waals surface area contributed by atoms with Crippen LogP contribution in [0.1, 0.15) is 45.8 Å². The number of amides is 1. The molecule has 2 aromatic heterocycles. The molecule has 1 N–H and O–H groups in total. The van der Waals surface area contributed by atoms with Gasteiger partial charge >= 0.3 is 0 Å². The Morgan fingerprint density at radius 3 is 3.17 bits per heavy atom. The predicted molar refractivity (Wildman–Crippen MR) is 94.7 cm³/mol. The maximum atomic E-state index is 12.6. The van der Waals surface area contributed by atoms with Crippen molar-refractivity contribution in [3.8, 4) is 0 Å². The fraction of sp³-hybridized carbons (Fsp3) is 0.556. The van der Waals surface area contributed by atoms with Gasteiger partial charge in [-0.1, -0.05) is 6.42 Å². The lowest BCUT2D eigenvalue weighted by atomic mass is 10.1. The van der Waals surface area contributed by atoms with Crippen LogP contribution < -0.4 is 5.32 Å². The zero-order valence-corrected chi connectivity index (χ0v) is 14.6. The molecule has 0 bridgehead atoms. The number of aryl methyl sites for hydroxylation is 2. The summed E-state index contributed by atoms with van der Waals surface area (Å²) in [6.45, 7) is 2.41. The lowest BCUT2D eigenvalue weighted by Gasteiger charge is -2.11. The Labute approximate surface area is 146 Å². The molecule has 2 aromatic rings. The molecule has 0 aromatic carbocycles. The van der Waals surface area contributed by atoms with Gasteiger partial charge in [-0.25, -0.2) is 4.68 Å². The minimum atomic E-state index is -0.0162. The van der Waals surface area contributed by atoms with Gasteiger partial charge in [0, 0.05) is 30.0 Å². The Bertz CT molecular complexity index is 692. The average Bonchev–Trinajstić information content (AvgIpc) is 3.29. The first-order chi connectivity index (χ1) is 11.8. The summed E-state index contributed by atoms with van der Waals surface area (Å²) in [5.41, 5.74) is 1.37. The summed E-state index contributed by atoms with van der Waals surface area (Å²) in [6.07, 6.45) is 8.81. The van der Waals surface area contributed by atoms with Gasteiger partial charge in [-0.05, 0) is 43.7 Å². The molecule has 0 spiro atoms. The quantitative estimate of drug-likeness (QED) is 0.863. The van der Waals surface area contributed by atoms with Gasteiger partial charge in [0.05, 0.1) is 17.7 Å². The van der Waals surface area contributed by atoms with Crippen molar-refractivity contribution in [3.63, 3.8) is 0 Å². The van der Waals surface area contributed by atoms with Crippen molar-refractivity contribution in [2.45, 2.75) is 45.1 Å². The van der Waals surface area contributed by atoms with Crippen LogP contribution in [0.15, 0.2) is 18.3 Å². The molecule has 4 rings (SSSR count). The summed E-state index contributed by atoms with van der Waals surface area (Å²) < 4.78 is 7.31. The number of carbonyl (C=O) groups excluding carboxylic acids is 1. The molecule has 1 saturated heterocycles. The summed E-state index contributed by atoms with van der Waals surface area (Å²) in [4.78, 5) is 14.9. The van der Waals surface area contributed by atoms with Crippen molar-refractivity contribution in [1.29, 1.82) is 0 Å². The molecule has 0 saturated carbocycles. The summed E-state index contributed by atoms with van der Waals surface area (Å²) in [6, 6.07) is 3.96. The second kappa shape index (κ2) is 7.07. The monoisotopic (exact) mass is 345 g/mol. The Morgan fingerprint density at radius 2 is 2.29 bits per heavy atom. The van der Waals surface area contributed by atoms with Crippen molar-refractivity contribution in [3.05, 3.63) is 33.6 Å². The highest BCUT2D eigenvalue weighted by Gasteiger charge is 2.20. The lowest BCUT2D eigenvalue weighted by Crippen LogP contribution is -2.18. The largest absolute Gasteiger partial charge is 0.381 e. The van der Waals surface area contributed by atoms with Crippen LogP contribution in [0.2, 0.25) is 0 Å². The highest BCUT2D eigenvalue weighted by molar-refractivity contribution is 7.14. The Kier molecular flexibility index (Phi) is 4.67. The van der Waals surface area contributed by atoms with Gasteiger partial charge in [0.2, 0.25) is 0 Å². The molecule has 24 heavy (non-hydrogen) atoms. The third kappa shape index (κ3) is 3.39. The van der Waals surface area contributed by atoms with Crippen LogP contribution in [-0.4, -0.2) is 28.9 Å². The van der Waals surface area contributed by atoms with Crippen molar-refractivity contribution in [2.24, 2.45) is 5.92 Å². The summed E-state index contributed by atoms with van der Waals surface area (Å²) in [5, 5.41) is 7.39. The van der Waals surface area contributed by atoms with Crippen LogP contribution in [-0.2, 0) is 24.1 Å². The number of nitrogens with one attached hydrogen (secondary N) is 1. The van der Waals surface area contributed by atoms with Gasteiger partial charge in [-0.15, -0.1) is 11.3 Å². The normalized spacial score (nSPS) is 20.6. The van der Waals surface area contributed by atoms with Crippen LogP contribution in [0.4, 0.5) is 5.82 Å². The van der Waals surface area contributed by atoms with E-state index in [-0.39, 0.29) is 5.91 Å². The SMILES string of the molecule is O=C(Nc1ccnn1CC1CCOC1)c1cc2c(s1)CCCCC2. The lowest BCUT2D eigenvalue weighted by molar-refractivity contribution is 0.102. The number of ether oxygens (including phenoxy) is 1. The fourth-order valence-corrected chi connectivity index (χ4v) is 4.66. The number of rotatable bonds is 4. The topological polar surface area (TPSA) is 56.2 Å². The molecule has 5 nitrogen and oxygen atoms in total. The van der Waals surface area contributed by atoms with Crippen LogP contribution in [0.25, 0.3) is 0 Å². The zero-order chi connectivity index (χ0) is 16.4. The van der Waals surface area contributed by atoms with Crippen LogP contribution >= 0.6 is 11.3 Å². The van der Waals surface area contributed by atoms with Gasteiger partial charge in [-0.3, -0.25) is 4.79 Å². The van der Waals surface area contributed by atoms with Gasteiger partial charge in [0.25, 0.3) is 5.91 Å². The maximum Gasteiger partial charge on any atom is 0.266 e. The molecule has 1 fully saturated rings. The molecule has 1 unspecified atom stereocenters. The molecule has 3 heterocycles.